The summed E-state index contributed by atoms with van der Waals surface area (Å²) < 4.78 is 4.92. The van der Waals surface area contributed by atoms with Crippen LogP contribution < -0.4 is 0 Å². The third-order valence-corrected chi connectivity index (χ3v) is 2.81. The number of aliphatic carboxylic acids is 1. The standard InChI is InChI=1S/C14H24O5/c1-2-3-4-5-6-7-8-11-19-13(16)10-9-12(15)14(17)18/h2-11H2,1H3,(H,17,18). The molecule has 19 heavy (non-hydrogen) atoms. The first kappa shape index (κ1) is 17.6. The summed E-state index contributed by atoms with van der Waals surface area (Å²) in [5.41, 5.74) is 0. The van der Waals surface area contributed by atoms with Gasteiger partial charge in [0.1, 0.15) is 0 Å². The molecule has 0 heterocycles. The van der Waals surface area contributed by atoms with E-state index in [0.29, 0.717) is 6.61 Å². The van der Waals surface area contributed by atoms with Crippen LogP contribution in [0.2, 0.25) is 0 Å². The van der Waals surface area contributed by atoms with Crippen LogP contribution in [0, 0.1) is 0 Å². The molecule has 0 radical (unpaired) electrons. The molecule has 0 amide bonds. The Bertz CT molecular complexity index is 286. The summed E-state index contributed by atoms with van der Waals surface area (Å²) in [4.78, 5) is 32.1. The summed E-state index contributed by atoms with van der Waals surface area (Å²) in [6, 6.07) is 0. The van der Waals surface area contributed by atoms with E-state index in [2.05, 4.69) is 6.92 Å². The maximum absolute atomic E-state index is 11.2. The van der Waals surface area contributed by atoms with Crippen LogP contribution in [-0.4, -0.2) is 29.4 Å². The smallest absolute Gasteiger partial charge is 0.372 e. The maximum atomic E-state index is 11.2. The molecular formula is C14H24O5. The molecule has 0 fully saturated rings. The highest BCUT2D eigenvalue weighted by atomic mass is 16.5. The van der Waals surface area contributed by atoms with Crippen molar-refractivity contribution in [2.24, 2.45) is 0 Å². The van der Waals surface area contributed by atoms with Crippen LogP contribution in [0.15, 0.2) is 0 Å². The van der Waals surface area contributed by atoms with Crippen molar-refractivity contribution in [3.05, 3.63) is 0 Å². The zero-order chi connectivity index (χ0) is 14.5. The Balaban J connectivity index is 3.34. The van der Waals surface area contributed by atoms with Crippen LogP contribution in [0.1, 0.15) is 64.7 Å². The summed E-state index contributed by atoms with van der Waals surface area (Å²) in [7, 11) is 0. The Kier molecular flexibility index (Phi) is 10.8. The molecule has 0 spiro atoms. The van der Waals surface area contributed by atoms with Crippen molar-refractivity contribution in [1.29, 1.82) is 0 Å². The van der Waals surface area contributed by atoms with Gasteiger partial charge in [0.15, 0.2) is 0 Å². The second-order valence-electron chi connectivity index (χ2n) is 4.57. The van der Waals surface area contributed by atoms with E-state index in [0.717, 1.165) is 19.3 Å². The lowest BCUT2D eigenvalue weighted by Gasteiger charge is -2.04. The molecule has 0 aromatic carbocycles. The molecule has 0 bridgehead atoms. The second-order valence-corrected chi connectivity index (χ2v) is 4.57. The van der Waals surface area contributed by atoms with Gasteiger partial charge in [-0.25, -0.2) is 4.79 Å². The number of esters is 1. The maximum Gasteiger partial charge on any atom is 0.372 e. The number of carboxylic acid groups (broad SMARTS) is 1. The highest BCUT2D eigenvalue weighted by Crippen LogP contribution is 2.07. The summed E-state index contributed by atoms with van der Waals surface area (Å²) in [6.07, 6.45) is 7.54. The molecule has 0 aliphatic carbocycles. The van der Waals surface area contributed by atoms with E-state index in [1.165, 1.54) is 25.7 Å². The number of carboxylic acids is 1. The van der Waals surface area contributed by atoms with E-state index in [9.17, 15) is 14.4 Å². The van der Waals surface area contributed by atoms with Crippen molar-refractivity contribution in [1.82, 2.24) is 0 Å². The summed E-state index contributed by atoms with van der Waals surface area (Å²) >= 11 is 0. The predicted molar refractivity (Wildman–Crippen MR) is 70.8 cm³/mol. The Morgan fingerprint density at radius 1 is 0.895 bits per heavy atom. The molecule has 0 saturated heterocycles. The molecule has 110 valence electrons. The number of ether oxygens (including phenoxy) is 1. The van der Waals surface area contributed by atoms with Crippen LogP contribution >= 0.6 is 0 Å². The topological polar surface area (TPSA) is 80.7 Å². The normalized spacial score (nSPS) is 10.2. The molecule has 1 N–H and O–H groups in total. The summed E-state index contributed by atoms with van der Waals surface area (Å²) in [5, 5.41) is 8.33. The molecule has 5 nitrogen and oxygen atoms in total. The number of hydrogen-bond acceptors (Lipinski definition) is 4. The van der Waals surface area contributed by atoms with Crippen molar-refractivity contribution in [3.63, 3.8) is 0 Å². The van der Waals surface area contributed by atoms with Crippen LogP contribution in [0.25, 0.3) is 0 Å². The minimum absolute atomic E-state index is 0.151. The zero-order valence-corrected chi connectivity index (χ0v) is 11.7. The van der Waals surface area contributed by atoms with Gasteiger partial charge in [-0.05, 0) is 6.42 Å². The Hall–Kier alpha value is -1.39. The van der Waals surface area contributed by atoms with Gasteiger partial charge in [-0.2, -0.15) is 0 Å². The van der Waals surface area contributed by atoms with Gasteiger partial charge in [0.2, 0.25) is 5.78 Å². The van der Waals surface area contributed by atoms with Crippen molar-refractivity contribution in [3.8, 4) is 0 Å². The molecule has 0 aromatic heterocycles. The third kappa shape index (κ3) is 11.4. The first-order valence-corrected chi connectivity index (χ1v) is 6.99. The summed E-state index contributed by atoms with van der Waals surface area (Å²) in [5.74, 6) is -2.95. The number of rotatable bonds is 12. The Labute approximate surface area is 114 Å². The van der Waals surface area contributed by atoms with Gasteiger partial charge in [0, 0.05) is 6.42 Å². The molecule has 0 aliphatic rings. The summed E-state index contributed by atoms with van der Waals surface area (Å²) in [6.45, 7) is 2.53. The first-order valence-electron chi connectivity index (χ1n) is 6.99. The van der Waals surface area contributed by atoms with Crippen molar-refractivity contribution < 1.29 is 24.2 Å². The van der Waals surface area contributed by atoms with Crippen LogP contribution in [0.5, 0.6) is 0 Å². The second kappa shape index (κ2) is 11.7. The lowest BCUT2D eigenvalue weighted by Crippen LogP contribution is -2.15. The van der Waals surface area contributed by atoms with E-state index >= 15 is 0 Å². The number of Topliss-reactive ketones (excluding diaryl/α,β-unsaturated/α-hetero) is 1. The van der Waals surface area contributed by atoms with Crippen LogP contribution in [0.3, 0.4) is 0 Å². The van der Waals surface area contributed by atoms with E-state index in [1.54, 1.807) is 0 Å². The lowest BCUT2D eigenvalue weighted by atomic mass is 10.1. The van der Waals surface area contributed by atoms with Gasteiger partial charge in [-0.3, -0.25) is 9.59 Å². The Morgan fingerprint density at radius 2 is 1.47 bits per heavy atom. The van der Waals surface area contributed by atoms with E-state index in [-0.39, 0.29) is 12.8 Å². The Morgan fingerprint density at radius 3 is 2.05 bits per heavy atom. The minimum Gasteiger partial charge on any atom is -0.476 e. The number of hydrogen-bond donors (Lipinski definition) is 1. The number of unbranched alkanes of at least 4 members (excludes halogenated alkanes) is 6. The minimum atomic E-state index is -1.50. The zero-order valence-electron chi connectivity index (χ0n) is 11.7. The molecule has 0 aliphatic heterocycles. The van der Waals surface area contributed by atoms with Gasteiger partial charge in [0.25, 0.3) is 0 Å². The molecule has 0 saturated carbocycles. The monoisotopic (exact) mass is 272 g/mol. The molecular weight excluding hydrogens is 248 g/mol. The fourth-order valence-electron chi connectivity index (χ4n) is 1.64. The third-order valence-electron chi connectivity index (χ3n) is 2.81. The van der Waals surface area contributed by atoms with Gasteiger partial charge in [0.05, 0.1) is 13.0 Å². The van der Waals surface area contributed by atoms with Gasteiger partial charge in [-0.1, -0.05) is 45.4 Å². The molecule has 0 atom stereocenters. The highest BCUT2D eigenvalue weighted by Gasteiger charge is 2.13. The van der Waals surface area contributed by atoms with Gasteiger partial charge >= 0.3 is 11.9 Å². The predicted octanol–water partition coefficient (Wildman–Crippen LogP) is 2.71. The van der Waals surface area contributed by atoms with Crippen LogP contribution in [0.4, 0.5) is 0 Å². The average Bonchev–Trinajstić information content (AvgIpc) is 2.38. The number of carbonyl (C=O) groups is 3. The van der Waals surface area contributed by atoms with Crippen LogP contribution in [-0.2, 0) is 19.1 Å². The fraction of sp³-hybridized carbons (Fsp3) is 0.786. The SMILES string of the molecule is CCCCCCCCCOC(=O)CCC(=O)C(=O)O. The largest absolute Gasteiger partial charge is 0.476 e. The highest BCUT2D eigenvalue weighted by molar-refractivity contribution is 6.32. The number of carbonyl (C=O) groups excluding carboxylic acids is 2. The van der Waals surface area contributed by atoms with E-state index < -0.39 is 17.7 Å². The number of ketones is 1. The molecule has 0 unspecified atom stereocenters. The van der Waals surface area contributed by atoms with E-state index in [4.69, 9.17) is 9.84 Å². The molecule has 0 aromatic rings. The van der Waals surface area contributed by atoms with Crippen molar-refractivity contribution in [2.75, 3.05) is 6.61 Å². The molecule has 0 rings (SSSR count). The average molecular weight is 272 g/mol. The lowest BCUT2D eigenvalue weighted by molar-refractivity contribution is -0.150. The quantitative estimate of drug-likeness (QED) is 0.335. The molecule has 5 heteroatoms. The fourth-order valence-corrected chi connectivity index (χ4v) is 1.64. The van der Waals surface area contributed by atoms with Crippen molar-refractivity contribution in [2.45, 2.75) is 64.7 Å². The first-order chi connectivity index (χ1) is 9.07. The van der Waals surface area contributed by atoms with Gasteiger partial charge < -0.3 is 9.84 Å². The van der Waals surface area contributed by atoms with Crippen molar-refractivity contribution >= 4 is 17.7 Å². The van der Waals surface area contributed by atoms with E-state index in [1.807, 2.05) is 0 Å². The van der Waals surface area contributed by atoms with Gasteiger partial charge in [-0.15, -0.1) is 0 Å².